The Kier molecular flexibility index (Phi) is 4.17. The fourth-order valence-corrected chi connectivity index (χ4v) is 2.34. The summed E-state index contributed by atoms with van der Waals surface area (Å²) in [4.78, 5) is 15.8. The molecular formula is C15H19N3O2. The van der Waals surface area contributed by atoms with Crippen LogP contribution in [0.15, 0.2) is 30.6 Å². The van der Waals surface area contributed by atoms with Gasteiger partial charge in [-0.25, -0.2) is 9.67 Å². The molecule has 0 aliphatic rings. The first-order chi connectivity index (χ1) is 9.50. The highest BCUT2D eigenvalue weighted by Gasteiger charge is 2.24. The molecule has 20 heavy (non-hydrogen) atoms. The lowest BCUT2D eigenvalue weighted by Gasteiger charge is -2.16. The van der Waals surface area contributed by atoms with E-state index in [-0.39, 0.29) is 6.04 Å². The second-order valence-corrected chi connectivity index (χ2v) is 5.17. The van der Waals surface area contributed by atoms with Crippen LogP contribution in [-0.4, -0.2) is 25.8 Å². The first kappa shape index (κ1) is 14.2. The molecular weight excluding hydrogens is 254 g/mol. The largest absolute Gasteiger partial charge is 0.481 e. The molecule has 0 spiro atoms. The summed E-state index contributed by atoms with van der Waals surface area (Å²) >= 11 is 0. The smallest absolute Gasteiger partial charge is 0.311 e. The first-order valence-electron chi connectivity index (χ1n) is 6.67. The minimum Gasteiger partial charge on any atom is -0.481 e. The molecule has 0 aliphatic heterocycles. The van der Waals surface area contributed by atoms with E-state index in [9.17, 15) is 9.90 Å². The number of hydrogen-bond acceptors (Lipinski definition) is 3. The topological polar surface area (TPSA) is 68.0 Å². The van der Waals surface area contributed by atoms with Crippen molar-refractivity contribution in [1.82, 2.24) is 14.8 Å². The summed E-state index contributed by atoms with van der Waals surface area (Å²) < 4.78 is 1.77. The molecule has 0 radical (unpaired) electrons. The lowest BCUT2D eigenvalue weighted by Crippen LogP contribution is -2.19. The van der Waals surface area contributed by atoms with Gasteiger partial charge in [-0.2, -0.15) is 5.10 Å². The SMILES string of the molecule is Cc1ccccc1C(Cc1ncnn1C(C)C)C(=O)O. The van der Waals surface area contributed by atoms with Gasteiger partial charge < -0.3 is 5.11 Å². The van der Waals surface area contributed by atoms with Crippen LogP contribution in [0.2, 0.25) is 0 Å². The van der Waals surface area contributed by atoms with E-state index >= 15 is 0 Å². The zero-order valence-electron chi connectivity index (χ0n) is 11.9. The summed E-state index contributed by atoms with van der Waals surface area (Å²) in [6.07, 6.45) is 1.82. The molecule has 0 amide bonds. The molecule has 0 bridgehead atoms. The lowest BCUT2D eigenvalue weighted by atomic mass is 9.92. The highest BCUT2D eigenvalue weighted by Crippen LogP contribution is 2.24. The quantitative estimate of drug-likeness (QED) is 0.909. The Balaban J connectivity index is 2.34. The predicted octanol–water partition coefficient (Wildman–Crippen LogP) is 2.58. The fourth-order valence-electron chi connectivity index (χ4n) is 2.34. The van der Waals surface area contributed by atoms with E-state index in [2.05, 4.69) is 10.1 Å². The summed E-state index contributed by atoms with van der Waals surface area (Å²) in [6.45, 7) is 5.93. The molecule has 5 heteroatoms. The minimum atomic E-state index is -0.836. The number of carbonyl (C=O) groups is 1. The van der Waals surface area contributed by atoms with Crippen LogP contribution in [0.25, 0.3) is 0 Å². The van der Waals surface area contributed by atoms with Gasteiger partial charge >= 0.3 is 5.97 Å². The molecule has 0 aliphatic carbocycles. The van der Waals surface area contributed by atoms with Crippen molar-refractivity contribution in [3.63, 3.8) is 0 Å². The van der Waals surface area contributed by atoms with E-state index < -0.39 is 11.9 Å². The Hall–Kier alpha value is -2.17. The monoisotopic (exact) mass is 273 g/mol. The molecule has 0 saturated carbocycles. The number of aromatic nitrogens is 3. The average molecular weight is 273 g/mol. The molecule has 1 aromatic heterocycles. The summed E-state index contributed by atoms with van der Waals surface area (Å²) in [5, 5.41) is 13.7. The number of aliphatic carboxylic acids is 1. The second-order valence-electron chi connectivity index (χ2n) is 5.17. The van der Waals surface area contributed by atoms with Crippen molar-refractivity contribution in [1.29, 1.82) is 0 Å². The molecule has 2 rings (SSSR count). The molecule has 1 N–H and O–H groups in total. The van der Waals surface area contributed by atoms with Crippen LogP contribution >= 0.6 is 0 Å². The van der Waals surface area contributed by atoms with Gasteiger partial charge in [-0.05, 0) is 31.9 Å². The molecule has 2 aromatic rings. The normalized spacial score (nSPS) is 12.6. The van der Waals surface area contributed by atoms with Crippen LogP contribution in [0.4, 0.5) is 0 Å². The van der Waals surface area contributed by atoms with Crippen molar-refractivity contribution in [3.8, 4) is 0 Å². The van der Waals surface area contributed by atoms with Crippen molar-refractivity contribution in [2.24, 2.45) is 0 Å². The third-order valence-electron chi connectivity index (χ3n) is 3.39. The number of benzene rings is 1. The van der Waals surface area contributed by atoms with Crippen molar-refractivity contribution in [2.45, 2.75) is 39.2 Å². The summed E-state index contributed by atoms with van der Waals surface area (Å²) in [5.41, 5.74) is 1.81. The van der Waals surface area contributed by atoms with E-state index in [4.69, 9.17) is 0 Å². The van der Waals surface area contributed by atoms with E-state index in [1.165, 1.54) is 6.33 Å². The van der Waals surface area contributed by atoms with Gasteiger partial charge in [0, 0.05) is 12.5 Å². The Morgan fingerprint density at radius 2 is 2.05 bits per heavy atom. The highest BCUT2D eigenvalue weighted by atomic mass is 16.4. The first-order valence-corrected chi connectivity index (χ1v) is 6.67. The number of carboxylic acid groups (broad SMARTS) is 1. The summed E-state index contributed by atoms with van der Waals surface area (Å²) in [5.74, 6) is -0.730. The highest BCUT2D eigenvalue weighted by molar-refractivity contribution is 5.76. The Bertz CT molecular complexity index is 605. The third-order valence-corrected chi connectivity index (χ3v) is 3.39. The number of carboxylic acids is 1. The number of nitrogens with zero attached hydrogens (tertiary/aromatic N) is 3. The molecule has 106 valence electrons. The standard InChI is InChI=1S/C15H19N3O2/c1-10(2)18-14(16-9-17-18)8-13(15(19)20)12-7-5-4-6-11(12)3/h4-7,9-10,13H,8H2,1-3H3,(H,19,20). The second kappa shape index (κ2) is 5.86. The van der Waals surface area contributed by atoms with E-state index in [1.54, 1.807) is 4.68 Å². The van der Waals surface area contributed by atoms with Gasteiger partial charge in [-0.3, -0.25) is 4.79 Å². The number of hydrogen-bond donors (Lipinski definition) is 1. The van der Waals surface area contributed by atoms with Crippen LogP contribution in [0, 0.1) is 6.92 Å². The molecule has 1 aromatic carbocycles. The van der Waals surface area contributed by atoms with Crippen LogP contribution in [0.1, 0.15) is 42.8 Å². The van der Waals surface area contributed by atoms with Crippen molar-refractivity contribution >= 4 is 5.97 Å². The van der Waals surface area contributed by atoms with Gasteiger partial charge in [0.15, 0.2) is 0 Å². The van der Waals surface area contributed by atoms with Crippen LogP contribution < -0.4 is 0 Å². The van der Waals surface area contributed by atoms with Gasteiger partial charge in [-0.1, -0.05) is 24.3 Å². The van der Waals surface area contributed by atoms with Gasteiger partial charge in [-0.15, -0.1) is 0 Å². The average Bonchev–Trinajstić information content (AvgIpc) is 2.85. The molecule has 5 nitrogen and oxygen atoms in total. The van der Waals surface area contributed by atoms with E-state index in [1.807, 2.05) is 45.0 Å². The summed E-state index contributed by atoms with van der Waals surface area (Å²) in [7, 11) is 0. The van der Waals surface area contributed by atoms with Gasteiger partial charge in [0.05, 0.1) is 5.92 Å². The maximum atomic E-state index is 11.6. The summed E-state index contributed by atoms with van der Waals surface area (Å²) in [6, 6.07) is 7.74. The van der Waals surface area contributed by atoms with Gasteiger partial charge in [0.2, 0.25) is 0 Å². The van der Waals surface area contributed by atoms with Gasteiger partial charge in [0.1, 0.15) is 12.2 Å². The number of rotatable bonds is 5. The van der Waals surface area contributed by atoms with Crippen LogP contribution in [-0.2, 0) is 11.2 Å². The number of aryl methyl sites for hydroxylation is 1. The van der Waals surface area contributed by atoms with Crippen LogP contribution in [0.3, 0.4) is 0 Å². The third kappa shape index (κ3) is 2.87. The maximum Gasteiger partial charge on any atom is 0.311 e. The molecule has 1 atom stereocenters. The van der Waals surface area contributed by atoms with Crippen LogP contribution in [0.5, 0.6) is 0 Å². The zero-order valence-corrected chi connectivity index (χ0v) is 11.9. The Labute approximate surface area is 118 Å². The Morgan fingerprint density at radius 3 is 2.65 bits per heavy atom. The molecule has 1 unspecified atom stereocenters. The zero-order chi connectivity index (χ0) is 14.7. The van der Waals surface area contributed by atoms with E-state index in [0.717, 1.165) is 11.1 Å². The fraction of sp³-hybridized carbons (Fsp3) is 0.400. The van der Waals surface area contributed by atoms with Crippen molar-refractivity contribution in [3.05, 3.63) is 47.5 Å². The lowest BCUT2D eigenvalue weighted by molar-refractivity contribution is -0.138. The van der Waals surface area contributed by atoms with E-state index in [0.29, 0.717) is 12.2 Å². The predicted molar refractivity (Wildman–Crippen MR) is 75.7 cm³/mol. The van der Waals surface area contributed by atoms with Crippen molar-refractivity contribution < 1.29 is 9.90 Å². The molecule has 0 saturated heterocycles. The Morgan fingerprint density at radius 1 is 1.35 bits per heavy atom. The molecule has 0 fully saturated rings. The van der Waals surface area contributed by atoms with Crippen molar-refractivity contribution in [2.75, 3.05) is 0 Å². The van der Waals surface area contributed by atoms with Gasteiger partial charge in [0.25, 0.3) is 0 Å². The minimum absolute atomic E-state index is 0.166. The molecule has 1 heterocycles. The maximum absolute atomic E-state index is 11.6.